The Balaban J connectivity index is 3.04. The third-order valence-corrected chi connectivity index (χ3v) is 2.24. The summed E-state index contributed by atoms with van der Waals surface area (Å²) in [7, 11) is -2.19. The second kappa shape index (κ2) is 4.44. The van der Waals surface area contributed by atoms with Crippen molar-refractivity contribution in [3.05, 3.63) is 29.8 Å². The minimum atomic E-state index is -2.19. The summed E-state index contributed by atoms with van der Waals surface area (Å²) in [4.78, 5) is 10.5. The summed E-state index contributed by atoms with van der Waals surface area (Å²) in [5, 5.41) is 8.60. The minimum absolute atomic E-state index is 0.0437. The van der Waals surface area contributed by atoms with Crippen LogP contribution in [0.15, 0.2) is 28.6 Å². The first kappa shape index (κ1) is 11.7. The van der Waals surface area contributed by atoms with E-state index in [0.717, 1.165) is 0 Å². The highest BCUT2D eigenvalue weighted by molar-refractivity contribution is 7.92. The summed E-state index contributed by atoms with van der Waals surface area (Å²) in [5.74, 6) is -0.888. The van der Waals surface area contributed by atoms with Crippen molar-refractivity contribution in [3.8, 4) is 0 Å². The number of benzene rings is 1. The van der Waals surface area contributed by atoms with E-state index in [0.29, 0.717) is 11.3 Å². The van der Waals surface area contributed by atoms with Crippen molar-refractivity contribution in [2.45, 2.75) is 6.42 Å². The Morgan fingerprint density at radius 1 is 1.47 bits per heavy atom. The molecule has 0 spiro atoms. The van der Waals surface area contributed by atoms with Crippen LogP contribution < -0.4 is 0 Å². The first-order chi connectivity index (χ1) is 6.87. The van der Waals surface area contributed by atoms with Gasteiger partial charge in [0.1, 0.15) is 0 Å². The second-order valence-corrected chi connectivity index (χ2v) is 6.06. The van der Waals surface area contributed by atoms with Crippen molar-refractivity contribution < 1.29 is 14.1 Å². The number of aliphatic carboxylic acids is 1. The summed E-state index contributed by atoms with van der Waals surface area (Å²) >= 11 is 0. The maximum absolute atomic E-state index is 11.4. The lowest BCUT2D eigenvalue weighted by molar-refractivity contribution is -0.136. The van der Waals surface area contributed by atoms with Gasteiger partial charge in [0, 0.05) is 22.2 Å². The summed E-state index contributed by atoms with van der Waals surface area (Å²) in [6, 6.07) is 6.77. The number of rotatable bonds is 3. The molecule has 0 aliphatic rings. The molecule has 0 aromatic heterocycles. The zero-order chi connectivity index (χ0) is 11.5. The number of carbonyl (C=O) groups is 1. The molecule has 0 aliphatic heterocycles. The third kappa shape index (κ3) is 4.60. The second-order valence-electron chi connectivity index (χ2n) is 3.51. The molecule has 82 valence electrons. The molecular formula is C10H13NO3S. The largest absolute Gasteiger partial charge is 0.481 e. The average molecular weight is 227 g/mol. The lowest BCUT2D eigenvalue weighted by atomic mass is 10.1. The molecule has 1 N–H and O–H groups in total. The van der Waals surface area contributed by atoms with Crippen LogP contribution >= 0.6 is 0 Å². The Morgan fingerprint density at radius 2 is 2.13 bits per heavy atom. The lowest BCUT2D eigenvalue weighted by Gasteiger charge is -2.00. The topological polar surface area (TPSA) is 66.7 Å². The number of nitrogens with zero attached hydrogens (tertiary/aromatic N) is 1. The number of hydrogen-bond acceptors (Lipinski definition) is 3. The smallest absolute Gasteiger partial charge is 0.307 e. The van der Waals surface area contributed by atoms with Crippen LogP contribution in [-0.4, -0.2) is 27.8 Å². The van der Waals surface area contributed by atoms with Gasteiger partial charge in [-0.25, -0.2) is 4.21 Å². The van der Waals surface area contributed by atoms with Crippen molar-refractivity contribution in [1.82, 2.24) is 0 Å². The van der Waals surface area contributed by atoms with E-state index >= 15 is 0 Å². The molecule has 0 saturated carbocycles. The monoisotopic (exact) mass is 227 g/mol. The predicted molar refractivity (Wildman–Crippen MR) is 59.9 cm³/mol. The van der Waals surface area contributed by atoms with E-state index in [2.05, 4.69) is 4.36 Å². The van der Waals surface area contributed by atoms with Crippen molar-refractivity contribution in [3.63, 3.8) is 0 Å². The van der Waals surface area contributed by atoms with Gasteiger partial charge in [-0.05, 0) is 17.7 Å². The SMILES string of the molecule is CS(C)(=O)=Nc1cccc(CC(=O)O)c1. The standard InChI is InChI=1S/C10H13NO3S/c1-15(2,14)11-9-5-3-4-8(6-9)7-10(12)13/h3-6H,7H2,1-2H3,(H,12,13). The van der Waals surface area contributed by atoms with Crippen LogP contribution in [-0.2, 0) is 20.9 Å². The van der Waals surface area contributed by atoms with Crippen LogP contribution in [0.3, 0.4) is 0 Å². The molecule has 1 rings (SSSR count). The Labute approximate surface area is 89.1 Å². The molecule has 0 unspecified atom stereocenters. The fourth-order valence-corrected chi connectivity index (χ4v) is 1.77. The zero-order valence-corrected chi connectivity index (χ0v) is 9.45. The predicted octanol–water partition coefficient (Wildman–Crippen LogP) is 1.67. The normalized spacial score (nSPS) is 11.1. The molecule has 0 heterocycles. The highest BCUT2D eigenvalue weighted by atomic mass is 32.2. The molecule has 5 heteroatoms. The van der Waals surface area contributed by atoms with Gasteiger partial charge in [0.25, 0.3) is 0 Å². The van der Waals surface area contributed by atoms with Gasteiger partial charge in [0.2, 0.25) is 0 Å². The molecule has 1 aromatic rings. The van der Waals surface area contributed by atoms with Gasteiger partial charge < -0.3 is 5.11 Å². The molecule has 1 aromatic carbocycles. The quantitative estimate of drug-likeness (QED) is 0.854. The molecule has 15 heavy (non-hydrogen) atoms. The third-order valence-electron chi connectivity index (χ3n) is 1.59. The lowest BCUT2D eigenvalue weighted by Crippen LogP contribution is -1.99. The molecule has 0 radical (unpaired) electrons. The summed E-state index contributed by atoms with van der Waals surface area (Å²) < 4.78 is 15.4. The van der Waals surface area contributed by atoms with E-state index in [1.54, 1.807) is 24.3 Å². The van der Waals surface area contributed by atoms with E-state index in [-0.39, 0.29) is 6.42 Å². The highest BCUT2D eigenvalue weighted by Gasteiger charge is 2.01. The molecule has 0 fully saturated rings. The van der Waals surface area contributed by atoms with Crippen LogP contribution in [0, 0.1) is 0 Å². The van der Waals surface area contributed by atoms with E-state index in [9.17, 15) is 9.00 Å². The van der Waals surface area contributed by atoms with Gasteiger partial charge in [-0.15, -0.1) is 0 Å². The Kier molecular flexibility index (Phi) is 3.47. The molecule has 0 bridgehead atoms. The molecule has 4 nitrogen and oxygen atoms in total. The van der Waals surface area contributed by atoms with E-state index < -0.39 is 15.7 Å². The minimum Gasteiger partial charge on any atom is -0.481 e. The van der Waals surface area contributed by atoms with Crippen molar-refractivity contribution in [2.75, 3.05) is 12.5 Å². The van der Waals surface area contributed by atoms with Crippen molar-refractivity contribution in [2.24, 2.45) is 4.36 Å². The van der Waals surface area contributed by atoms with Crippen LogP contribution in [0.5, 0.6) is 0 Å². The van der Waals surface area contributed by atoms with Gasteiger partial charge in [0.15, 0.2) is 0 Å². The van der Waals surface area contributed by atoms with Gasteiger partial charge in [-0.3, -0.25) is 4.79 Å². The van der Waals surface area contributed by atoms with E-state index in [4.69, 9.17) is 5.11 Å². The first-order valence-electron chi connectivity index (χ1n) is 4.35. The highest BCUT2D eigenvalue weighted by Crippen LogP contribution is 2.16. The van der Waals surface area contributed by atoms with Crippen LogP contribution in [0.25, 0.3) is 0 Å². The first-order valence-corrected chi connectivity index (χ1v) is 6.68. The number of carboxylic acid groups (broad SMARTS) is 1. The van der Waals surface area contributed by atoms with E-state index in [1.807, 2.05) is 0 Å². The average Bonchev–Trinajstić information content (AvgIpc) is 1.99. The zero-order valence-electron chi connectivity index (χ0n) is 8.64. The van der Waals surface area contributed by atoms with Crippen molar-refractivity contribution in [1.29, 1.82) is 0 Å². The number of carboxylic acids is 1. The summed E-state index contributed by atoms with van der Waals surface area (Å²) in [6.07, 6.45) is 3.03. The van der Waals surface area contributed by atoms with E-state index in [1.165, 1.54) is 12.5 Å². The van der Waals surface area contributed by atoms with Gasteiger partial charge in [-0.2, -0.15) is 4.36 Å². The molecule has 0 atom stereocenters. The molecule has 0 saturated heterocycles. The summed E-state index contributed by atoms with van der Waals surface area (Å²) in [6.45, 7) is 0. The Bertz CT molecular complexity index is 479. The fraction of sp³-hybridized carbons (Fsp3) is 0.300. The maximum Gasteiger partial charge on any atom is 0.307 e. The molecule has 0 aliphatic carbocycles. The van der Waals surface area contributed by atoms with Gasteiger partial charge in [-0.1, -0.05) is 12.1 Å². The van der Waals surface area contributed by atoms with Gasteiger partial charge >= 0.3 is 5.97 Å². The van der Waals surface area contributed by atoms with Gasteiger partial charge in [0.05, 0.1) is 12.1 Å². The summed E-state index contributed by atoms with van der Waals surface area (Å²) in [5.41, 5.74) is 1.22. The maximum atomic E-state index is 11.4. The molecule has 0 amide bonds. The Morgan fingerprint density at radius 3 is 2.67 bits per heavy atom. The van der Waals surface area contributed by atoms with Crippen LogP contribution in [0.2, 0.25) is 0 Å². The molecular weight excluding hydrogens is 214 g/mol. The van der Waals surface area contributed by atoms with Crippen LogP contribution in [0.1, 0.15) is 5.56 Å². The fourth-order valence-electron chi connectivity index (χ4n) is 1.15. The van der Waals surface area contributed by atoms with Crippen LogP contribution in [0.4, 0.5) is 5.69 Å². The van der Waals surface area contributed by atoms with Crippen molar-refractivity contribution >= 4 is 21.4 Å². The Hall–Kier alpha value is -1.36. The number of hydrogen-bond donors (Lipinski definition) is 1.